The third-order valence-electron chi connectivity index (χ3n) is 7.49. The summed E-state index contributed by atoms with van der Waals surface area (Å²) < 4.78 is 29.5. The summed E-state index contributed by atoms with van der Waals surface area (Å²) in [7, 11) is 0. The van der Waals surface area contributed by atoms with Gasteiger partial charge in [0.25, 0.3) is 5.91 Å². The van der Waals surface area contributed by atoms with Crippen LogP contribution in [-0.2, 0) is 19.1 Å². The van der Waals surface area contributed by atoms with Crippen molar-refractivity contribution in [2.24, 2.45) is 0 Å². The lowest BCUT2D eigenvalue weighted by molar-refractivity contribution is -0.153. The first kappa shape index (κ1) is 31.7. The smallest absolute Gasteiger partial charge is 0.326 e. The first-order chi connectivity index (χ1) is 19.8. The Morgan fingerprint density at radius 2 is 1.81 bits per heavy atom. The Hall–Kier alpha value is -3.24. The molecule has 0 spiro atoms. The molecule has 0 unspecified atom stereocenters. The number of hydrogen-bond donors (Lipinski definition) is 2. The molecule has 2 fully saturated rings. The van der Waals surface area contributed by atoms with E-state index >= 15 is 0 Å². The maximum absolute atomic E-state index is 13.3. The van der Waals surface area contributed by atoms with Crippen LogP contribution in [0.2, 0.25) is 10.0 Å². The Balaban J connectivity index is 0.000000197. The molecule has 2 aliphatic carbocycles. The minimum Gasteiger partial charge on any atom is -0.490 e. The molecule has 1 aliphatic heterocycles. The third-order valence-corrected chi connectivity index (χ3v) is 8.03. The second-order valence-corrected chi connectivity index (χ2v) is 12.7. The number of fused-ring (bicyclic) bond motifs is 3. The predicted octanol–water partition coefficient (Wildman–Crippen LogP) is 5.06. The van der Waals surface area contributed by atoms with Gasteiger partial charge in [0.05, 0.1) is 17.3 Å². The normalized spacial score (nSPS) is 22.2. The number of nitrogens with zero attached hydrogens (tertiary/aromatic N) is 1. The number of hydrogen-bond acceptors (Lipinski definition) is 7. The van der Waals surface area contributed by atoms with Crippen molar-refractivity contribution in [3.8, 4) is 11.5 Å². The monoisotopic (exact) mass is 623 g/mol. The van der Waals surface area contributed by atoms with Crippen LogP contribution in [0.25, 0.3) is 0 Å². The van der Waals surface area contributed by atoms with Crippen molar-refractivity contribution in [1.82, 2.24) is 10.6 Å². The van der Waals surface area contributed by atoms with Crippen LogP contribution in [0.3, 0.4) is 0 Å². The standard InChI is InChI=1S/C16H18ClFN2O3.C14H18ClNO3/c17-12-2-1-11(7-13(12)18)23-8-14(22)20-16-5-3-15(9-16,4-6-16)19-10-21;1-14(2,3)19-13(17)9-16-6-7-18-12-5-4-10(15)8-11(12)16/h1-2,7,10H,3-6,8-9H2,(H,19,21)(H,20,22);4-5,8H,6-7,9H2,1-3H3. The van der Waals surface area contributed by atoms with Crippen LogP contribution in [0.1, 0.15) is 52.9 Å². The topological polar surface area (TPSA) is 106 Å². The van der Waals surface area contributed by atoms with E-state index < -0.39 is 11.4 Å². The highest BCUT2D eigenvalue weighted by Gasteiger charge is 2.54. The highest BCUT2D eigenvalue weighted by atomic mass is 35.5. The quantitative estimate of drug-likeness (QED) is 0.313. The van der Waals surface area contributed by atoms with E-state index in [2.05, 4.69) is 10.6 Å². The van der Waals surface area contributed by atoms with Crippen molar-refractivity contribution >= 4 is 47.2 Å². The number of amides is 2. The molecule has 12 heteroatoms. The summed E-state index contributed by atoms with van der Waals surface area (Å²) in [4.78, 5) is 36.7. The summed E-state index contributed by atoms with van der Waals surface area (Å²) in [6, 6.07) is 9.45. The van der Waals surface area contributed by atoms with E-state index in [0.717, 1.165) is 56.0 Å². The second-order valence-electron chi connectivity index (χ2n) is 11.9. The number of rotatable bonds is 8. The van der Waals surface area contributed by atoms with E-state index in [1.54, 1.807) is 12.1 Å². The second kappa shape index (κ2) is 13.0. The Morgan fingerprint density at radius 3 is 2.48 bits per heavy atom. The van der Waals surface area contributed by atoms with Gasteiger partial charge >= 0.3 is 5.97 Å². The molecular formula is C30H36Cl2FN3O6. The molecular weight excluding hydrogens is 588 g/mol. The van der Waals surface area contributed by atoms with Crippen molar-refractivity contribution in [2.75, 3.05) is 31.2 Å². The van der Waals surface area contributed by atoms with Crippen LogP contribution in [0.5, 0.6) is 11.5 Å². The lowest BCUT2D eigenvalue weighted by atomic mass is 9.91. The Morgan fingerprint density at radius 1 is 1.10 bits per heavy atom. The number of nitrogens with one attached hydrogen (secondary N) is 2. The maximum Gasteiger partial charge on any atom is 0.326 e. The molecule has 2 N–H and O–H groups in total. The van der Waals surface area contributed by atoms with Crippen molar-refractivity contribution in [1.29, 1.82) is 0 Å². The molecule has 0 atom stereocenters. The number of benzene rings is 2. The first-order valence-corrected chi connectivity index (χ1v) is 14.6. The molecule has 228 valence electrons. The van der Waals surface area contributed by atoms with Crippen LogP contribution in [0, 0.1) is 5.82 Å². The molecule has 5 rings (SSSR count). The molecule has 0 radical (unpaired) electrons. The minimum absolute atomic E-state index is 0.0108. The van der Waals surface area contributed by atoms with Crippen molar-refractivity contribution in [2.45, 2.75) is 69.6 Å². The first-order valence-electron chi connectivity index (χ1n) is 13.8. The lowest BCUT2D eigenvalue weighted by Crippen LogP contribution is -2.47. The Labute approximate surface area is 255 Å². The summed E-state index contributed by atoms with van der Waals surface area (Å²) in [5.41, 5.74) is -0.0677. The molecule has 0 aromatic heterocycles. The van der Waals surface area contributed by atoms with E-state index in [1.165, 1.54) is 12.1 Å². The fourth-order valence-electron chi connectivity index (χ4n) is 5.69. The van der Waals surface area contributed by atoms with Crippen molar-refractivity contribution in [3.63, 3.8) is 0 Å². The molecule has 2 bridgehead atoms. The fraction of sp³-hybridized carbons (Fsp3) is 0.500. The summed E-state index contributed by atoms with van der Waals surface area (Å²) in [5, 5.41) is 6.56. The molecule has 2 saturated carbocycles. The molecule has 2 amide bonds. The Kier molecular flexibility index (Phi) is 9.77. The fourth-order valence-corrected chi connectivity index (χ4v) is 5.97. The molecule has 0 saturated heterocycles. The summed E-state index contributed by atoms with van der Waals surface area (Å²) >= 11 is 11.6. The van der Waals surface area contributed by atoms with Gasteiger partial charge in [-0.15, -0.1) is 0 Å². The lowest BCUT2D eigenvalue weighted by Gasteiger charge is -2.31. The number of anilines is 1. The predicted molar refractivity (Wildman–Crippen MR) is 158 cm³/mol. The molecule has 9 nitrogen and oxygen atoms in total. The van der Waals surface area contributed by atoms with Crippen LogP contribution in [0.15, 0.2) is 36.4 Å². The van der Waals surface area contributed by atoms with Crippen LogP contribution in [-0.4, -0.2) is 61.3 Å². The average molecular weight is 625 g/mol. The van der Waals surface area contributed by atoms with E-state index in [-0.39, 0.29) is 46.9 Å². The van der Waals surface area contributed by atoms with E-state index in [9.17, 15) is 18.8 Å². The van der Waals surface area contributed by atoms with Gasteiger partial charge in [0.15, 0.2) is 6.61 Å². The molecule has 2 aromatic carbocycles. The van der Waals surface area contributed by atoms with Gasteiger partial charge in [-0.3, -0.25) is 14.4 Å². The largest absolute Gasteiger partial charge is 0.490 e. The minimum atomic E-state index is -0.584. The number of carbonyl (C=O) groups excluding carboxylic acids is 3. The van der Waals surface area contributed by atoms with Gasteiger partial charge < -0.3 is 29.7 Å². The zero-order valence-electron chi connectivity index (χ0n) is 23.9. The SMILES string of the molecule is CC(C)(C)OC(=O)CN1CCOc2ccc(Cl)cc21.O=CNC12CCC(NC(=O)COc3ccc(Cl)c(F)c3)(CC1)C2. The number of ether oxygens (including phenoxy) is 3. The van der Waals surface area contributed by atoms with Gasteiger partial charge in [-0.2, -0.15) is 0 Å². The summed E-state index contributed by atoms with van der Waals surface area (Å²) in [6.45, 7) is 6.79. The highest BCUT2D eigenvalue weighted by Crippen LogP contribution is 2.50. The number of carbonyl (C=O) groups is 3. The molecule has 42 heavy (non-hydrogen) atoms. The van der Waals surface area contributed by atoms with Gasteiger partial charge in [-0.1, -0.05) is 23.2 Å². The van der Waals surface area contributed by atoms with E-state index in [0.29, 0.717) is 18.2 Å². The van der Waals surface area contributed by atoms with Crippen molar-refractivity contribution < 1.29 is 33.0 Å². The van der Waals surface area contributed by atoms with Gasteiger partial charge in [0.1, 0.15) is 36.1 Å². The summed E-state index contributed by atoms with van der Waals surface area (Å²) in [5.74, 6) is -0.0717. The van der Waals surface area contributed by atoms with Gasteiger partial charge in [0.2, 0.25) is 6.41 Å². The third kappa shape index (κ3) is 8.19. The number of esters is 1. The summed E-state index contributed by atoms with van der Waals surface area (Å²) in [6.07, 6.45) is 4.91. The average Bonchev–Trinajstić information content (AvgIpc) is 3.44. The number of halogens is 3. The zero-order valence-corrected chi connectivity index (χ0v) is 25.4. The Bertz CT molecular complexity index is 1310. The van der Waals surface area contributed by atoms with E-state index in [1.807, 2.05) is 31.7 Å². The molecule has 3 aliphatic rings. The van der Waals surface area contributed by atoms with Gasteiger partial charge in [-0.05, 0) is 83.2 Å². The zero-order chi connectivity index (χ0) is 30.5. The van der Waals surface area contributed by atoms with Crippen LogP contribution < -0.4 is 25.0 Å². The van der Waals surface area contributed by atoms with E-state index in [4.69, 9.17) is 37.4 Å². The van der Waals surface area contributed by atoms with Gasteiger partial charge in [-0.25, -0.2) is 4.39 Å². The molecule has 2 aromatic rings. The van der Waals surface area contributed by atoms with Crippen LogP contribution in [0.4, 0.5) is 10.1 Å². The van der Waals surface area contributed by atoms with Crippen molar-refractivity contribution in [3.05, 3.63) is 52.3 Å². The van der Waals surface area contributed by atoms with Crippen LogP contribution >= 0.6 is 23.2 Å². The molecule has 1 heterocycles. The highest BCUT2D eigenvalue weighted by molar-refractivity contribution is 6.31. The maximum atomic E-state index is 13.3. The van der Waals surface area contributed by atoms with Gasteiger partial charge in [0, 0.05) is 22.2 Å².